The number of carbonyl (C=O) groups is 2. The van der Waals surface area contributed by atoms with E-state index in [2.05, 4.69) is 0 Å². The number of carboxylic acid groups (broad SMARTS) is 2. The molecule has 0 saturated carbocycles. The maximum atomic E-state index is 12.0. The highest BCUT2D eigenvalue weighted by Crippen LogP contribution is 2.48. The van der Waals surface area contributed by atoms with Crippen molar-refractivity contribution in [1.29, 1.82) is 0 Å². The van der Waals surface area contributed by atoms with Crippen molar-refractivity contribution in [3.05, 3.63) is 36.5 Å². The van der Waals surface area contributed by atoms with Gasteiger partial charge in [0.15, 0.2) is 0 Å². The highest BCUT2D eigenvalue weighted by Gasteiger charge is 2.56. The fourth-order valence-corrected chi connectivity index (χ4v) is 2.74. The minimum absolute atomic E-state index is 0.268. The van der Waals surface area contributed by atoms with E-state index < -0.39 is 22.8 Å². The molecule has 0 amide bonds. The van der Waals surface area contributed by atoms with Crippen LogP contribution >= 0.6 is 0 Å². The molecule has 0 aliphatic carbocycles. The third kappa shape index (κ3) is 3.63. The summed E-state index contributed by atoms with van der Waals surface area (Å²) in [5, 5.41) is 19.6. The molecule has 21 heavy (non-hydrogen) atoms. The first-order valence-electron chi connectivity index (χ1n) is 7.26. The van der Waals surface area contributed by atoms with Gasteiger partial charge in [0, 0.05) is 0 Å². The van der Waals surface area contributed by atoms with Crippen molar-refractivity contribution >= 4 is 11.9 Å². The Morgan fingerprint density at radius 1 is 0.905 bits per heavy atom. The standard InChI is InChI=1S/C17H26O4/c1-5-9-13-17(12-8-4,15(20)21)16(10-6-2,11-7-3)14(18)19/h6-8,10-12H,5,9,13H2,1-4H3,(H,18,19)(H,20,21)/b10-6-,11-7-,12-8-. The summed E-state index contributed by atoms with van der Waals surface area (Å²) in [6.07, 6.45) is 11.0. The van der Waals surface area contributed by atoms with Gasteiger partial charge in [-0.2, -0.15) is 0 Å². The molecule has 0 radical (unpaired) electrons. The normalized spacial score (nSPS) is 15.8. The monoisotopic (exact) mass is 294 g/mol. The molecule has 1 atom stereocenters. The summed E-state index contributed by atoms with van der Waals surface area (Å²) in [5.74, 6) is -2.28. The molecule has 0 bridgehead atoms. The number of allylic oxidation sites excluding steroid dienone is 3. The molecule has 1 unspecified atom stereocenters. The molecule has 4 heteroatoms. The Morgan fingerprint density at radius 2 is 1.38 bits per heavy atom. The van der Waals surface area contributed by atoms with Crippen molar-refractivity contribution in [3.63, 3.8) is 0 Å². The van der Waals surface area contributed by atoms with Crippen LogP contribution in [0.3, 0.4) is 0 Å². The molecule has 0 rings (SSSR count). The second kappa shape index (κ2) is 8.45. The fourth-order valence-electron chi connectivity index (χ4n) is 2.74. The molecule has 0 aliphatic heterocycles. The third-order valence-corrected chi connectivity index (χ3v) is 3.71. The van der Waals surface area contributed by atoms with Crippen LogP contribution in [-0.4, -0.2) is 22.2 Å². The van der Waals surface area contributed by atoms with E-state index in [9.17, 15) is 19.8 Å². The molecule has 0 fully saturated rings. The number of hydrogen-bond acceptors (Lipinski definition) is 2. The van der Waals surface area contributed by atoms with Gasteiger partial charge < -0.3 is 10.2 Å². The number of hydrogen-bond donors (Lipinski definition) is 2. The quantitative estimate of drug-likeness (QED) is 0.629. The highest BCUT2D eigenvalue weighted by atomic mass is 16.4. The predicted octanol–water partition coefficient (Wildman–Crippen LogP) is 4.05. The Hall–Kier alpha value is -1.84. The summed E-state index contributed by atoms with van der Waals surface area (Å²) < 4.78 is 0. The smallest absolute Gasteiger partial charge is 0.318 e. The number of aliphatic carboxylic acids is 2. The highest BCUT2D eigenvalue weighted by molar-refractivity contribution is 5.91. The lowest BCUT2D eigenvalue weighted by atomic mass is 9.60. The van der Waals surface area contributed by atoms with Crippen LogP contribution in [0.4, 0.5) is 0 Å². The zero-order valence-corrected chi connectivity index (χ0v) is 13.3. The van der Waals surface area contributed by atoms with Crippen LogP contribution in [0.15, 0.2) is 36.5 Å². The van der Waals surface area contributed by atoms with E-state index >= 15 is 0 Å². The van der Waals surface area contributed by atoms with Crippen LogP contribution in [0.25, 0.3) is 0 Å². The van der Waals surface area contributed by atoms with E-state index in [4.69, 9.17) is 0 Å². The molecule has 0 spiro atoms. The topological polar surface area (TPSA) is 74.6 Å². The van der Waals surface area contributed by atoms with Crippen LogP contribution in [0.1, 0.15) is 47.0 Å². The molecule has 0 saturated heterocycles. The summed E-state index contributed by atoms with van der Waals surface area (Å²) >= 11 is 0. The van der Waals surface area contributed by atoms with Gasteiger partial charge in [-0.3, -0.25) is 9.59 Å². The summed E-state index contributed by atoms with van der Waals surface area (Å²) in [5.41, 5.74) is -3.09. The van der Waals surface area contributed by atoms with Crippen molar-refractivity contribution < 1.29 is 19.8 Å². The van der Waals surface area contributed by atoms with Gasteiger partial charge in [0.1, 0.15) is 10.8 Å². The molecule has 0 heterocycles. The van der Waals surface area contributed by atoms with Gasteiger partial charge in [-0.25, -0.2) is 0 Å². The van der Waals surface area contributed by atoms with Gasteiger partial charge >= 0.3 is 11.9 Å². The number of carboxylic acids is 2. The molecule has 0 aromatic rings. The molecule has 4 nitrogen and oxygen atoms in total. The van der Waals surface area contributed by atoms with Crippen molar-refractivity contribution in [2.45, 2.75) is 47.0 Å². The zero-order chi connectivity index (χ0) is 16.5. The van der Waals surface area contributed by atoms with Gasteiger partial charge in [-0.15, -0.1) is 0 Å². The SMILES string of the molecule is C/C=C\C(/C=C\C)(C(=O)O)C(/C=C\C)(CCCC)C(=O)O. The first-order chi connectivity index (χ1) is 9.88. The molecule has 0 aromatic heterocycles. The average Bonchev–Trinajstić information content (AvgIpc) is 2.42. The summed E-state index contributed by atoms with van der Waals surface area (Å²) in [7, 11) is 0. The summed E-state index contributed by atoms with van der Waals surface area (Å²) in [6, 6.07) is 0. The van der Waals surface area contributed by atoms with E-state index in [1.54, 1.807) is 39.0 Å². The van der Waals surface area contributed by atoms with Crippen LogP contribution < -0.4 is 0 Å². The Morgan fingerprint density at radius 3 is 1.67 bits per heavy atom. The van der Waals surface area contributed by atoms with Gasteiger partial charge in [-0.05, 0) is 27.2 Å². The van der Waals surface area contributed by atoms with Crippen LogP contribution in [0, 0.1) is 10.8 Å². The largest absolute Gasteiger partial charge is 0.481 e. The first kappa shape index (κ1) is 19.2. The first-order valence-corrected chi connectivity index (χ1v) is 7.26. The zero-order valence-electron chi connectivity index (χ0n) is 13.3. The van der Waals surface area contributed by atoms with E-state index in [1.165, 1.54) is 18.2 Å². The molecule has 0 aliphatic rings. The second-order valence-electron chi connectivity index (χ2n) is 5.05. The molecule has 118 valence electrons. The predicted molar refractivity (Wildman–Crippen MR) is 84.1 cm³/mol. The lowest BCUT2D eigenvalue weighted by Gasteiger charge is -2.40. The maximum absolute atomic E-state index is 12.0. The lowest BCUT2D eigenvalue weighted by Crippen LogP contribution is -2.49. The Bertz CT molecular complexity index is 434. The fraction of sp³-hybridized carbons (Fsp3) is 0.529. The molecule has 0 aromatic carbocycles. The molecular formula is C17H26O4. The molecule has 2 N–H and O–H groups in total. The summed E-state index contributed by atoms with van der Waals surface area (Å²) in [4.78, 5) is 24.0. The van der Waals surface area contributed by atoms with Crippen molar-refractivity contribution in [2.24, 2.45) is 10.8 Å². The second-order valence-corrected chi connectivity index (χ2v) is 5.05. The Balaban J connectivity index is 6.48. The van der Waals surface area contributed by atoms with Gasteiger partial charge in [-0.1, -0.05) is 56.2 Å². The minimum atomic E-state index is -1.59. The summed E-state index contributed by atoms with van der Waals surface area (Å²) in [6.45, 7) is 7.06. The van der Waals surface area contributed by atoms with Gasteiger partial charge in [0.05, 0.1) is 0 Å². The average molecular weight is 294 g/mol. The van der Waals surface area contributed by atoms with Crippen LogP contribution in [0.2, 0.25) is 0 Å². The van der Waals surface area contributed by atoms with Crippen molar-refractivity contribution in [2.75, 3.05) is 0 Å². The third-order valence-electron chi connectivity index (χ3n) is 3.71. The van der Waals surface area contributed by atoms with E-state index in [0.717, 1.165) is 6.42 Å². The molecular weight excluding hydrogens is 268 g/mol. The van der Waals surface area contributed by atoms with Crippen molar-refractivity contribution in [3.8, 4) is 0 Å². The van der Waals surface area contributed by atoms with Crippen molar-refractivity contribution in [1.82, 2.24) is 0 Å². The van der Waals surface area contributed by atoms with Gasteiger partial charge in [0.2, 0.25) is 0 Å². The van der Waals surface area contributed by atoms with E-state index in [-0.39, 0.29) is 6.42 Å². The maximum Gasteiger partial charge on any atom is 0.318 e. The number of unbranched alkanes of at least 4 members (excludes halogenated alkanes) is 1. The lowest BCUT2D eigenvalue weighted by molar-refractivity contribution is -0.162. The Kier molecular flexibility index (Phi) is 7.71. The minimum Gasteiger partial charge on any atom is -0.481 e. The number of rotatable bonds is 9. The van der Waals surface area contributed by atoms with Crippen LogP contribution in [0.5, 0.6) is 0 Å². The Labute approximate surface area is 126 Å². The van der Waals surface area contributed by atoms with Gasteiger partial charge in [0.25, 0.3) is 0 Å². The van der Waals surface area contributed by atoms with Crippen LogP contribution in [-0.2, 0) is 9.59 Å². The van der Waals surface area contributed by atoms with E-state index in [1.807, 2.05) is 6.92 Å². The van der Waals surface area contributed by atoms with E-state index in [0.29, 0.717) is 6.42 Å².